The van der Waals surface area contributed by atoms with Gasteiger partial charge in [-0.05, 0) is 61.0 Å². The van der Waals surface area contributed by atoms with Crippen molar-refractivity contribution in [1.82, 2.24) is 29.4 Å². The summed E-state index contributed by atoms with van der Waals surface area (Å²) < 4.78 is 26.6. The summed E-state index contributed by atoms with van der Waals surface area (Å²) in [6, 6.07) is 25.3. The Balaban J connectivity index is 1.34. The number of aryl methyl sites for hydroxylation is 1. The van der Waals surface area contributed by atoms with Crippen LogP contribution in [0.5, 0.6) is 29.0 Å². The maximum atomic E-state index is 6.49. The number of aromatic nitrogens is 6. The van der Waals surface area contributed by atoms with E-state index in [4.69, 9.17) is 29.0 Å². The van der Waals surface area contributed by atoms with Gasteiger partial charge in [0.15, 0.2) is 11.5 Å². The topological polar surface area (TPSA) is 97.8 Å². The fourth-order valence-corrected chi connectivity index (χ4v) is 5.18. The zero-order chi connectivity index (χ0) is 27.9. The van der Waals surface area contributed by atoms with Gasteiger partial charge in [0.25, 0.3) is 0 Å². The molecule has 7 rings (SSSR count). The molecular weight excluding hydrogens is 520 g/mol. The van der Waals surface area contributed by atoms with Gasteiger partial charge < -0.3 is 18.9 Å². The van der Waals surface area contributed by atoms with Crippen molar-refractivity contribution < 1.29 is 18.9 Å². The van der Waals surface area contributed by atoms with Crippen LogP contribution in [0.1, 0.15) is 34.1 Å². The van der Waals surface area contributed by atoms with Crippen molar-refractivity contribution >= 4 is 5.65 Å². The van der Waals surface area contributed by atoms with E-state index in [2.05, 4.69) is 22.2 Å². The molecule has 6 aromatic rings. The van der Waals surface area contributed by atoms with Gasteiger partial charge in [-0.15, -0.1) is 5.10 Å². The minimum Gasteiger partial charge on any atom is -0.497 e. The summed E-state index contributed by atoms with van der Waals surface area (Å²) >= 11 is 0. The highest BCUT2D eigenvalue weighted by atomic mass is 16.5. The predicted molar refractivity (Wildman–Crippen MR) is 150 cm³/mol. The molecule has 0 aliphatic carbocycles. The lowest BCUT2D eigenvalue weighted by Gasteiger charge is -2.26. The van der Waals surface area contributed by atoms with Crippen molar-refractivity contribution in [3.8, 4) is 34.7 Å². The molecule has 204 valence electrons. The molecule has 0 fully saturated rings. The summed E-state index contributed by atoms with van der Waals surface area (Å²) in [6.07, 6.45) is 1.62. The Hall–Kier alpha value is -5.38. The second-order valence-electron chi connectivity index (χ2n) is 9.58. The number of benzene rings is 3. The highest BCUT2D eigenvalue weighted by molar-refractivity contribution is 5.66. The van der Waals surface area contributed by atoms with Gasteiger partial charge in [-0.1, -0.05) is 30.3 Å². The van der Waals surface area contributed by atoms with Crippen LogP contribution in [-0.2, 0) is 6.61 Å². The first-order chi connectivity index (χ1) is 20.1. The summed E-state index contributed by atoms with van der Waals surface area (Å²) in [5.41, 5.74) is 5.17. The second-order valence-corrected chi connectivity index (χ2v) is 9.58. The SMILES string of the molecule is COc1ccc(OCc2nc3c4c(ncn3n2)Oc2c(c(C)nn2-c2ccccc2)[C@@H]4c2ccc(OC)cc2)cc1. The van der Waals surface area contributed by atoms with Gasteiger partial charge in [-0.25, -0.2) is 19.2 Å². The Morgan fingerprint density at radius 2 is 1.49 bits per heavy atom. The van der Waals surface area contributed by atoms with E-state index in [0.717, 1.165) is 39.6 Å². The van der Waals surface area contributed by atoms with Crippen molar-refractivity contribution in [2.75, 3.05) is 14.2 Å². The minimum atomic E-state index is -0.257. The van der Waals surface area contributed by atoms with Gasteiger partial charge >= 0.3 is 0 Å². The molecule has 1 aliphatic heterocycles. The Morgan fingerprint density at radius 1 is 0.805 bits per heavy atom. The van der Waals surface area contributed by atoms with Crippen molar-refractivity contribution in [3.05, 3.63) is 113 Å². The van der Waals surface area contributed by atoms with Gasteiger partial charge in [0.2, 0.25) is 11.8 Å². The quantitative estimate of drug-likeness (QED) is 0.259. The van der Waals surface area contributed by atoms with E-state index >= 15 is 0 Å². The van der Waals surface area contributed by atoms with Crippen LogP contribution in [0, 0.1) is 6.92 Å². The Kier molecular flexibility index (Phi) is 6.00. The first-order valence-electron chi connectivity index (χ1n) is 13.1. The standard InChI is InChI=1S/C31H26N6O4/c1-19-26-27(20-9-11-22(38-2)12-10-20)28-29-33-25(17-40-24-15-13-23(39-3)14-16-24)35-36(29)18-32-30(28)41-31(26)37(34-19)21-7-5-4-6-8-21/h4-16,18,27H,17H2,1-3H3/t27-/m0/s1. The summed E-state index contributed by atoms with van der Waals surface area (Å²) in [6.45, 7) is 2.18. The maximum Gasteiger partial charge on any atom is 0.230 e. The molecule has 0 spiro atoms. The zero-order valence-corrected chi connectivity index (χ0v) is 22.7. The van der Waals surface area contributed by atoms with Crippen LogP contribution >= 0.6 is 0 Å². The minimum absolute atomic E-state index is 0.188. The van der Waals surface area contributed by atoms with E-state index in [-0.39, 0.29) is 12.5 Å². The first-order valence-corrected chi connectivity index (χ1v) is 13.1. The molecule has 1 atom stereocenters. The van der Waals surface area contributed by atoms with Gasteiger partial charge in [0.1, 0.15) is 30.2 Å². The fourth-order valence-electron chi connectivity index (χ4n) is 5.18. The Bertz CT molecular complexity index is 1850. The third-order valence-electron chi connectivity index (χ3n) is 7.14. The lowest BCUT2D eigenvalue weighted by molar-refractivity contribution is 0.295. The third kappa shape index (κ3) is 4.29. The van der Waals surface area contributed by atoms with E-state index in [9.17, 15) is 0 Å². The van der Waals surface area contributed by atoms with Crippen molar-refractivity contribution in [2.45, 2.75) is 19.4 Å². The highest BCUT2D eigenvalue weighted by Gasteiger charge is 2.38. The molecule has 4 heterocycles. The van der Waals surface area contributed by atoms with E-state index in [1.807, 2.05) is 78.3 Å². The average molecular weight is 547 g/mol. The molecule has 0 unspecified atom stereocenters. The van der Waals surface area contributed by atoms with Crippen LogP contribution in [0.15, 0.2) is 85.2 Å². The number of hydrogen-bond donors (Lipinski definition) is 0. The maximum absolute atomic E-state index is 6.49. The summed E-state index contributed by atoms with van der Waals surface area (Å²) in [5, 5.41) is 9.54. The average Bonchev–Trinajstić information content (AvgIpc) is 3.60. The molecule has 41 heavy (non-hydrogen) atoms. The van der Waals surface area contributed by atoms with Crippen molar-refractivity contribution in [3.63, 3.8) is 0 Å². The molecule has 3 aromatic heterocycles. The monoisotopic (exact) mass is 546 g/mol. The number of rotatable bonds is 7. The van der Waals surface area contributed by atoms with E-state index in [0.29, 0.717) is 29.0 Å². The molecule has 3 aromatic carbocycles. The predicted octanol–water partition coefficient (Wildman–Crippen LogP) is 5.50. The third-order valence-corrected chi connectivity index (χ3v) is 7.14. The van der Waals surface area contributed by atoms with Gasteiger partial charge in [-0.2, -0.15) is 5.10 Å². The number of methoxy groups -OCH3 is 2. The fraction of sp³-hybridized carbons (Fsp3) is 0.161. The van der Waals surface area contributed by atoms with E-state index in [1.165, 1.54) is 0 Å². The van der Waals surface area contributed by atoms with Crippen molar-refractivity contribution in [1.29, 1.82) is 0 Å². The van der Waals surface area contributed by atoms with Crippen LogP contribution in [-0.4, -0.2) is 43.6 Å². The number of fused-ring (bicyclic) bond motifs is 4. The van der Waals surface area contributed by atoms with Crippen LogP contribution < -0.4 is 18.9 Å². The first kappa shape index (κ1) is 24.6. The lowest BCUT2D eigenvalue weighted by atomic mass is 9.84. The lowest BCUT2D eigenvalue weighted by Crippen LogP contribution is -2.16. The Labute approximate surface area is 235 Å². The molecule has 10 heteroatoms. The second kappa shape index (κ2) is 9.98. The van der Waals surface area contributed by atoms with Crippen molar-refractivity contribution in [2.24, 2.45) is 0 Å². The molecule has 0 amide bonds. The number of nitrogens with zero attached hydrogens (tertiary/aromatic N) is 6. The van der Waals surface area contributed by atoms with Crippen LogP contribution in [0.25, 0.3) is 11.3 Å². The largest absolute Gasteiger partial charge is 0.497 e. The summed E-state index contributed by atoms with van der Waals surface area (Å²) in [7, 11) is 3.29. The zero-order valence-electron chi connectivity index (χ0n) is 22.7. The molecule has 0 N–H and O–H groups in total. The Morgan fingerprint density at radius 3 is 2.20 bits per heavy atom. The smallest absolute Gasteiger partial charge is 0.230 e. The van der Waals surface area contributed by atoms with Gasteiger partial charge in [0, 0.05) is 0 Å². The van der Waals surface area contributed by atoms with Gasteiger partial charge in [-0.3, -0.25) is 0 Å². The molecule has 0 saturated heterocycles. The normalized spacial score (nSPS) is 13.8. The number of ether oxygens (including phenoxy) is 4. The van der Waals surface area contributed by atoms with Crippen LogP contribution in [0.3, 0.4) is 0 Å². The van der Waals surface area contributed by atoms with E-state index < -0.39 is 0 Å². The molecule has 0 radical (unpaired) electrons. The molecule has 10 nitrogen and oxygen atoms in total. The van der Waals surface area contributed by atoms with Gasteiger partial charge in [0.05, 0.1) is 42.6 Å². The highest BCUT2D eigenvalue weighted by Crippen LogP contribution is 2.49. The molecule has 0 saturated carbocycles. The number of hydrogen-bond acceptors (Lipinski definition) is 8. The number of para-hydroxylation sites is 1. The summed E-state index contributed by atoms with van der Waals surface area (Å²) in [4.78, 5) is 9.55. The summed E-state index contributed by atoms with van der Waals surface area (Å²) in [5.74, 6) is 3.57. The molecular formula is C31H26N6O4. The van der Waals surface area contributed by atoms with E-state index in [1.54, 1.807) is 25.1 Å². The molecule has 0 bridgehead atoms. The van der Waals surface area contributed by atoms with Crippen LogP contribution in [0.4, 0.5) is 0 Å². The molecule has 1 aliphatic rings. The van der Waals surface area contributed by atoms with Crippen LogP contribution in [0.2, 0.25) is 0 Å².